The summed E-state index contributed by atoms with van der Waals surface area (Å²) in [4.78, 5) is 37.8. The van der Waals surface area contributed by atoms with E-state index < -0.39 is 15.6 Å². The fraction of sp³-hybridized carbons (Fsp3) is 0.294. The minimum absolute atomic E-state index is 0.104. The van der Waals surface area contributed by atoms with E-state index in [1.54, 1.807) is 88.8 Å². The van der Waals surface area contributed by atoms with Crippen molar-refractivity contribution >= 4 is 39.3 Å². The van der Waals surface area contributed by atoms with Crippen molar-refractivity contribution in [1.29, 1.82) is 0 Å². The Balaban J connectivity index is 0.00000235. The highest BCUT2D eigenvalue weighted by Gasteiger charge is 2.28. The molecule has 11 nitrogen and oxygen atoms in total. The summed E-state index contributed by atoms with van der Waals surface area (Å²) in [6.07, 6.45) is 1.26. The first-order valence-corrected chi connectivity index (χ1v) is 16.6. The molecule has 46 heavy (non-hydrogen) atoms. The predicted molar refractivity (Wildman–Crippen MR) is 180 cm³/mol. The predicted octanol–water partition coefficient (Wildman–Crippen LogP) is 6.41. The third kappa shape index (κ3) is 9.04. The molecule has 1 aliphatic rings. The molecule has 0 saturated carbocycles. The smallest absolute Gasteiger partial charge is 0.410 e. The van der Waals surface area contributed by atoms with Crippen molar-refractivity contribution in [2.75, 3.05) is 36.2 Å². The lowest BCUT2D eigenvalue weighted by Crippen LogP contribution is -2.51. The van der Waals surface area contributed by atoms with Crippen molar-refractivity contribution in [2.45, 2.75) is 45.1 Å². The number of benzene rings is 3. The van der Waals surface area contributed by atoms with Gasteiger partial charge in [-0.2, -0.15) is 0 Å². The van der Waals surface area contributed by atoms with Crippen LogP contribution in [0, 0.1) is 0 Å². The number of ether oxygens (including phenoxy) is 1. The quantitative estimate of drug-likeness (QED) is 0.236. The Hall–Kier alpha value is -4.97. The number of hydrogen-bond acceptors (Lipinski definition) is 8. The van der Waals surface area contributed by atoms with Gasteiger partial charge in [-0.25, -0.2) is 23.2 Å². The highest BCUT2D eigenvalue weighted by atomic mass is 32.2. The highest BCUT2D eigenvalue weighted by Crippen LogP contribution is 2.24. The second-order valence-electron chi connectivity index (χ2n) is 11.2. The number of anilines is 3. The number of rotatable bonds is 7. The SMILES string of the molecule is CC.CC(C)(C)OC(=O)N1CCN(C(=O)c2ccc(Nc3nccc(-c4ccc(NS(=O)(=O)c5ccccc5)cc4)n3)cc2)CC1. The van der Waals surface area contributed by atoms with Crippen LogP contribution in [-0.4, -0.2) is 72.0 Å². The third-order valence-electron chi connectivity index (χ3n) is 6.75. The van der Waals surface area contributed by atoms with Gasteiger partial charge in [0.15, 0.2) is 0 Å². The molecule has 4 aromatic rings. The van der Waals surface area contributed by atoms with Gasteiger partial charge in [0, 0.05) is 54.9 Å². The van der Waals surface area contributed by atoms with E-state index >= 15 is 0 Å². The lowest BCUT2D eigenvalue weighted by atomic mass is 10.1. The van der Waals surface area contributed by atoms with Crippen LogP contribution in [0.1, 0.15) is 45.0 Å². The first-order chi connectivity index (χ1) is 22.0. The van der Waals surface area contributed by atoms with Crippen LogP contribution in [0.2, 0.25) is 0 Å². The largest absolute Gasteiger partial charge is 0.444 e. The van der Waals surface area contributed by atoms with Crippen molar-refractivity contribution in [2.24, 2.45) is 0 Å². The van der Waals surface area contributed by atoms with Gasteiger partial charge >= 0.3 is 6.09 Å². The van der Waals surface area contributed by atoms with E-state index in [0.29, 0.717) is 54.8 Å². The zero-order valence-corrected chi connectivity index (χ0v) is 27.5. The van der Waals surface area contributed by atoms with Crippen molar-refractivity contribution in [3.05, 3.63) is 96.7 Å². The number of nitrogens with one attached hydrogen (secondary N) is 2. The zero-order valence-electron chi connectivity index (χ0n) is 26.7. The molecular formula is C34H40N6O5S. The van der Waals surface area contributed by atoms with E-state index in [9.17, 15) is 18.0 Å². The van der Waals surface area contributed by atoms with E-state index in [4.69, 9.17) is 4.74 Å². The molecule has 1 fully saturated rings. The number of aromatic nitrogens is 2. The summed E-state index contributed by atoms with van der Waals surface area (Å²) < 4.78 is 33.2. The molecule has 0 radical (unpaired) electrons. The van der Waals surface area contributed by atoms with Gasteiger partial charge in [-0.05, 0) is 75.4 Å². The Morgan fingerprint density at radius 2 is 1.37 bits per heavy atom. The molecule has 0 atom stereocenters. The van der Waals surface area contributed by atoms with Gasteiger partial charge in [0.2, 0.25) is 5.95 Å². The number of hydrogen-bond donors (Lipinski definition) is 2. The number of sulfonamides is 1. The summed E-state index contributed by atoms with van der Waals surface area (Å²) >= 11 is 0. The summed E-state index contributed by atoms with van der Waals surface area (Å²) in [5.41, 5.74) is 2.55. The molecule has 0 unspecified atom stereocenters. The fourth-order valence-electron chi connectivity index (χ4n) is 4.53. The molecule has 0 bridgehead atoms. The second kappa shape index (κ2) is 14.9. The summed E-state index contributed by atoms with van der Waals surface area (Å²) in [7, 11) is -3.69. The van der Waals surface area contributed by atoms with E-state index in [1.807, 2.05) is 34.6 Å². The molecule has 1 aliphatic heterocycles. The van der Waals surface area contributed by atoms with Gasteiger partial charge < -0.3 is 19.9 Å². The minimum atomic E-state index is -3.69. The third-order valence-corrected chi connectivity index (χ3v) is 8.15. The molecule has 2 heterocycles. The summed E-state index contributed by atoms with van der Waals surface area (Å²) in [5.74, 6) is 0.266. The molecule has 1 aromatic heterocycles. The Morgan fingerprint density at radius 3 is 1.98 bits per heavy atom. The van der Waals surface area contributed by atoms with Crippen LogP contribution < -0.4 is 10.0 Å². The van der Waals surface area contributed by atoms with Crippen molar-refractivity contribution in [3.63, 3.8) is 0 Å². The maximum atomic E-state index is 13.1. The van der Waals surface area contributed by atoms with Gasteiger partial charge in [0.25, 0.3) is 15.9 Å². The van der Waals surface area contributed by atoms with Crippen LogP contribution >= 0.6 is 0 Å². The fourth-order valence-corrected chi connectivity index (χ4v) is 5.61. The Kier molecular flexibility index (Phi) is 11.0. The maximum Gasteiger partial charge on any atom is 0.410 e. The average molecular weight is 645 g/mol. The molecule has 2 N–H and O–H groups in total. The van der Waals surface area contributed by atoms with E-state index in [2.05, 4.69) is 20.0 Å². The van der Waals surface area contributed by atoms with Crippen LogP contribution in [0.5, 0.6) is 0 Å². The zero-order chi connectivity index (χ0) is 33.3. The molecule has 2 amide bonds. The van der Waals surface area contributed by atoms with E-state index in [0.717, 1.165) is 5.56 Å². The molecule has 0 aliphatic carbocycles. The Bertz CT molecular complexity index is 1720. The molecule has 12 heteroatoms. The molecule has 3 aromatic carbocycles. The van der Waals surface area contributed by atoms with Crippen LogP contribution in [0.3, 0.4) is 0 Å². The lowest BCUT2D eigenvalue weighted by molar-refractivity contribution is 0.0141. The summed E-state index contributed by atoms with van der Waals surface area (Å²) in [6, 6.07) is 23.9. The number of carbonyl (C=O) groups excluding carboxylic acids is 2. The Morgan fingerprint density at radius 1 is 0.783 bits per heavy atom. The van der Waals surface area contributed by atoms with Gasteiger partial charge in [-0.1, -0.05) is 44.2 Å². The molecule has 5 rings (SSSR count). The summed E-state index contributed by atoms with van der Waals surface area (Å²) in [5, 5.41) is 3.16. The van der Waals surface area contributed by atoms with Gasteiger partial charge in [0.1, 0.15) is 5.60 Å². The lowest BCUT2D eigenvalue weighted by Gasteiger charge is -2.35. The summed E-state index contributed by atoms with van der Waals surface area (Å²) in [6.45, 7) is 11.2. The standard InChI is InChI=1S/C32H34N6O5S.C2H6/c1-32(2,3)43-31(40)38-21-19-37(20-22-38)29(39)24-11-13-25(14-12-24)34-30-33-18-17-28(35-30)23-9-15-26(16-10-23)36-44(41,42)27-7-5-4-6-8-27;1-2/h4-18,36H,19-22H2,1-3H3,(H,33,34,35);1-2H3. The number of amides is 2. The van der Waals surface area contributed by atoms with Gasteiger partial charge in [-0.3, -0.25) is 9.52 Å². The molecule has 1 saturated heterocycles. The monoisotopic (exact) mass is 644 g/mol. The molecule has 242 valence electrons. The maximum absolute atomic E-state index is 13.1. The molecule has 0 spiro atoms. The van der Waals surface area contributed by atoms with Crippen molar-refractivity contribution in [3.8, 4) is 11.3 Å². The molecular weight excluding hydrogens is 604 g/mol. The topological polar surface area (TPSA) is 134 Å². The number of nitrogens with zero attached hydrogens (tertiary/aromatic N) is 4. The van der Waals surface area contributed by atoms with Crippen LogP contribution in [-0.2, 0) is 14.8 Å². The van der Waals surface area contributed by atoms with Gasteiger partial charge in [-0.15, -0.1) is 0 Å². The Labute approximate surface area is 270 Å². The highest BCUT2D eigenvalue weighted by molar-refractivity contribution is 7.92. The van der Waals surface area contributed by atoms with Crippen LogP contribution in [0.15, 0.2) is 96.0 Å². The van der Waals surface area contributed by atoms with Crippen molar-refractivity contribution < 1.29 is 22.7 Å². The van der Waals surface area contributed by atoms with E-state index in [1.165, 1.54) is 12.1 Å². The number of piperazine rings is 1. The van der Waals surface area contributed by atoms with Crippen LogP contribution in [0.25, 0.3) is 11.3 Å². The second-order valence-corrected chi connectivity index (χ2v) is 12.9. The first kappa shape index (κ1) is 33.9. The first-order valence-electron chi connectivity index (χ1n) is 15.1. The van der Waals surface area contributed by atoms with Crippen molar-refractivity contribution in [1.82, 2.24) is 19.8 Å². The minimum Gasteiger partial charge on any atom is -0.444 e. The average Bonchev–Trinajstić information content (AvgIpc) is 3.06. The van der Waals surface area contributed by atoms with E-state index in [-0.39, 0.29) is 16.9 Å². The normalized spacial score (nSPS) is 13.2. The number of carbonyl (C=O) groups is 2. The van der Waals surface area contributed by atoms with Crippen LogP contribution in [0.4, 0.5) is 22.1 Å². The van der Waals surface area contributed by atoms with Gasteiger partial charge in [0.05, 0.1) is 10.6 Å².